The Balaban J connectivity index is 1.71. The summed E-state index contributed by atoms with van der Waals surface area (Å²) >= 11 is 0. The molecule has 1 N–H and O–H groups in total. The number of H-pyrrole nitrogens is 1. The second-order valence-electron chi connectivity index (χ2n) is 8.73. The Morgan fingerprint density at radius 3 is 2.71 bits per heavy atom. The van der Waals surface area contributed by atoms with E-state index in [1.807, 2.05) is 0 Å². The fourth-order valence-corrected chi connectivity index (χ4v) is 6.19. The Bertz CT molecular complexity index is 1150. The molecule has 1 atom stereocenters. The van der Waals surface area contributed by atoms with Gasteiger partial charge in [-0.1, -0.05) is 6.42 Å². The van der Waals surface area contributed by atoms with Crippen molar-refractivity contribution in [2.24, 2.45) is 0 Å². The highest BCUT2D eigenvalue weighted by Crippen LogP contribution is 2.34. The Labute approximate surface area is 182 Å². The number of aryl methyl sites for hydroxylation is 1. The maximum Gasteiger partial charge on any atom is 0.255 e. The van der Waals surface area contributed by atoms with Gasteiger partial charge in [0.15, 0.2) is 0 Å². The first-order valence-corrected chi connectivity index (χ1v) is 12.3. The second kappa shape index (κ2) is 8.44. The molecule has 0 aliphatic carbocycles. The standard InChI is InChI=1S/C22H29FN4O3S/c1-14(2)26-11-9-19-17(13-26)22(28)25-21(24-19)20-6-4-5-10-27(20)31(29,30)16-7-8-18(23)15(3)12-16/h7-8,12,14,20H,4-6,9-11,13H2,1-3H3,(H,24,25,28)/t20-/m1/s1. The fraction of sp³-hybridized carbons (Fsp3) is 0.545. The Hall–Kier alpha value is -2.10. The van der Waals surface area contributed by atoms with Crippen LogP contribution in [0.25, 0.3) is 0 Å². The van der Waals surface area contributed by atoms with Crippen LogP contribution in [0.2, 0.25) is 0 Å². The van der Waals surface area contributed by atoms with Crippen molar-refractivity contribution in [1.29, 1.82) is 0 Å². The van der Waals surface area contributed by atoms with E-state index in [1.54, 1.807) is 6.92 Å². The van der Waals surface area contributed by atoms with Gasteiger partial charge in [0.1, 0.15) is 11.6 Å². The van der Waals surface area contributed by atoms with E-state index in [1.165, 1.54) is 22.5 Å². The van der Waals surface area contributed by atoms with Gasteiger partial charge < -0.3 is 4.98 Å². The highest BCUT2D eigenvalue weighted by Gasteiger charge is 2.37. The van der Waals surface area contributed by atoms with Gasteiger partial charge in [-0.3, -0.25) is 9.69 Å². The number of aromatic nitrogens is 2. The van der Waals surface area contributed by atoms with Crippen molar-refractivity contribution in [2.75, 3.05) is 13.1 Å². The van der Waals surface area contributed by atoms with Gasteiger partial charge >= 0.3 is 0 Å². The molecule has 0 saturated carbocycles. The van der Waals surface area contributed by atoms with E-state index in [2.05, 4.69) is 23.7 Å². The lowest BCUT2D eigenvalue weighted by Gasteiger charge is -2.35. The highest BCUT2D eigenvalue weighted by molar-refractivity contribution is 7.89. The average molecular weight is 449 g/mol. The smallest absolute Gasteiger partial charge is 0.255 e. The molecule has 9 heteroatoms. The number of halogens is 1. The predicted octanol–water partition coefficient (Wildman–Crippen LogP) is 2.90. The van der Waals surface area contributed by atoms with E-state index in [4.69, 9.17) is 4.98 Å². The number of benzene rings is 1. The van der Waals surface area contributed by atoms with Crippen molar-refractivity contribution >= 4 is 10.0 Å². The van der Waals surface area contributed by atoms with Gasteiger partial charge in [0, 0.05) is 32.1 Å². The molecule has 31 heavy (non-hydrogen) atoms. The molecule has 1 aromatic heterocycles. The first-order valence-electron chi connectivity index (χ1n) is 10.8. The maximum absolute atomic E-state index is 13.7. The van der Waals surface area contributed by atoms with Crippen LogP contribution < -0.4 is 5.56 Å². The zero-order valence-corrected chi connectivity index (χ0v) is 19.0. The number of sulfonamides is 1. The highest BCUT2D eigenvalue weighted by atomic mass is 32.2. The lowest BCUT2D eigenvalue weighted by atomic mass is 10.0. The molecule has 1 aromatic carbocycles. The lowest BCUT2D eigenvalue weighted by Crippen LogP contribution is -2.42. The monoisotopic (exact) mass is 448 g/mol. The van der Waals surface area contributed by atoms with Gasteiger partial charge in [0.2, 0.25) is 10.0 Å². The number of fused-ring (bicyclic) bond motifs is 1. The van der Waals surface area contributed by atoms with Gasteiger partial charge in [-0.15, -0.1) is 0 Å². The number of piperidine rings is 1. The Morgan fingerprint density at radius 2 is 2.00 bits per heavy atom. The average Bonchev–Trinajstić information content (AvgIpc) is 2.75. The summed E-state index contributed by atoms with van der Waals surface area (Å²) in [5.74, 6) is -0.0332. The van der Waals surface area contributed by atoms with Crippen molar-refractivity contribution in [3.8, 4) is 0 Å². The van der Waals surface area contributed by atoms with E-state index in [0.717, 1.165) is 25.1 Å². The number of nitrogens with one attached hydrogen (secondary N) is 1. The van der Waals surface area contributed by atoms with Gasteiger partial charge in [-0.05, 0) is 57.4 Å². The number of hydrogen-bond donors (Lipinski definition) is 1. The summed E-state index contributed by atoms with van der Waals surface area (Å²) < 4.78 is 41.9. The van der Waals surface area contributed by atoms with Crippen LogP contribution in [-0.2, 0) is 23.0 Å². The van der Waals surface area contributed by atoms with Crippen LogP contribution in [0.15, 0.2) is 27.9 Å². The third kappa shape index (κ3) is 4.18. The molecule has 0 spiro atoms. The summed E-state index contributed by atoms with van der Waals surface area (Å²) in [4.78, 5) is 22.8. The molecule has 2 aliphatic rings. The molecule has 168 valence electrons. The predicted molar refractivity (Wildman–Crippen MR) is 116 cm³/mol. The molecule has 2 aliphatic heterocycles. The first kappa shape index (κ1) is 22.1. The molecule has 3 heterocycles. The van der Waals surface area contributed by atoms with E-state index in [-0.39, 0.29) is 16.0 Å². The zero-order chi connectivity index (χ0) is 22.3. The number of nitrogens with zero attached hydrogens (tertiary/aromatic N) is 3. The molecular formula is C22H29FN4O3S. The summed E-state index contributed by atoms with van der Waals surface area (Å²) in [6.45, 7) is 7.46. The van der Waals surface area contributed by atoms with Crippen molar-refractivity contribution in [1.82, 2.24) is 19.2 Å². The molecule has 0 amide bonds. The quantitative estimate of drug-likeness (QED) is 0.777. The van der Waals surface area contributed by atoms with E-state index < -0.39 is 21.9 Å². The number of aromatic amines is 1. The molecule has 1 fully saturated rings. The van der Waals surface area contributed by atoms with Crippen LogP contribution >= 0.6 is 0 Å². The van der Waals surface area contributed by atoms with Gasteiger partial charge in [-0.25, -0.2) is 17.8 Å². The minimum absolute atomic E-state index is 0.0613. The van der Waals surface area contributed by atoms with Gasteiger partial charge in [-0.2, -0.15) is 4.31 Å². The van der Waals surface area contributed by atoms with Crippen LogP contribution in [0.4, 0.5) is 4.39 Å². The van der Waals surface area contributed by atoms with E-state index in [9.17, 15) is 17.6 Å². The molecular weight excluding hydrogens is 419 g/mol. The Morgan fingerprint density at radius 1 is 1.23 bits per heavy atom. The molecule has 0 bridgehead atoms. The Kier molecular flexibility index (Phi) is 6.02. The van der Waals surface area contributed by atoms with Gasteiger partial charge in [0.25, 0.3) is 5.56 Å². The van der Waals surface area contributed by atoms with Crippen LogP contribution in [0.3, 0.4) is 0 Å². The molecule has 0 radical (unpaired) electrons. The largest absolute Gasteiger partial charge is 0.309 e. The van der Waals surface area contributed by atoms with Crippen molar-refractivity contribution in [3.63, 3.8) is 0 Å². The van der Waals surface area contributed by atoms with Crippen LogP contribution in [-0.4, -0.2) is 46.7 Å². The molecule has 0 unspecified atom stereocenters. The summed E-state index contributed by atoms with van der Waals surface area (Å²) in [6, 6.07) is 3.64. The molecule has 1 saturated heterocycles. The van der Waals surface area contributed by atoms with E-state index in [0.29, 0.717) is 43.4 Å². The number of hydrogen-bond acceptors (Lipinski definition) is 5. The van der Waals surface area contributed by atoms with Crippen LogP contribution in [0, 0.1) is 12.7 Å². The minimum Gasteiger partial charge on any atom is -0.309 e. The van der Waals surface area contributed by atoms with Crippen molar-refractivity contribution in [3.05, 3.63) is 57.0 Å². The first-order chi connectivity index (χ1) is 14.7. The van der Waals surface area contributed by atoms with Crippen LogP contribution in [0.5, 0.6) is 0 Å². The maximum atomic E-state index is 13.7. The second-order valence-corrected chi connectivity index (χ2v) is 10.6. The summed E-state index contributed by atoms with van der Waals surface area (Å²) in [5.41, 5.74) is 1.52. The summed E-state index contributed by atoms with van der Waals surface area (Å²) in [7, 11) is -3.86. The molecule has 7 nitrogen and oxygen atoms in total. The van der Waals surface area contributed by atoms with Crippen LogP contribution in [0.1, 0.15) is 61.8 Å². The normalized spacial score (nSPS) is 20.7. The summed E-state index contributed by atoms with van der Waals surface area (Å²) in [6.07, 6.45) is 2.83. The van der Waals surface area contributed by atoms with Crippen molar-refractivity contribution < 1.29 is 12.8 Å². The van der Waals surface area contributed by atoms with E-state index >= 15 is 0 Å². The third-order valence-electron chi connectivity index (χ3n) is 6.35. The topological polar surface area (TPSA) is 86.4 Å². The number of rotatable bonds is 4. The van der Waals surface area contributed by atoms with Crippen molar-refractivity contribution in [2.45, 2.75) is 70.0 Å². The lowest BCUT2D eigenvalue weighted by molar-refractivity contribution is 0.198. The zero-order valence-electron chi connectivity index (χ0n) is 18.2. The molecule has 4 rings (SSSR count). The fourth-order valence-electron chi connectivity index (χ4n) is 4.44. The summed E-state index contributed by atoms with van der Waals surface area (Å²) in [5, 5.41) is 0. The minimum atomic E-state index is -3.86. The SMILES string of the molecule is Cc1cc(S(=O)(=O)N2CCCC[C@@H]2c2nc3c(c(=O)[nH]2)CN(C(C)C)CC3)ccc1F. The van der Waals surface area contributed by atoms with Gasteiger partial charge in [0.05, 0.1) is 22.2 Å². The molecule has 2 aromatic rings. The third-order valence-corrected chi connectivity index (χ3v) is 8.26.